The fraction of sp³-hybridized carbons (Fsp3) is 0.389. The lowest BCUT2D eigenvalue weighted by atomic mass is 10.2. The van der Waals surface area contributed by atoms with Crippen LogP contribution in [0.4, 0.5) is 15.2 Å². The molecule has 0 spiro atoms. The fourth-order valence-electron chi connectivity index (χ4n) is 2.97. The number of amides is 2. The number of fused-ring (bicyclic) bond motifs is 1. The maximum atomic E-state index is 13.2. The van der Waals surface area contributed by atoms with Gasteiger partial charge in [-0.15, -0.1) is 11.3 Å². The minimum absolute atomic E-state index is 0.0270. The van der Waals surface area contributed by atoms with Gasteiger partial charge in [-0.3, -0.25) is 14.5 Å². The van der Waals surface area contributed by atoms with E-state index in [-0.39, 0.29) is 29.3 Å². The summed E-state index contributed by atoms with van der Waals surface area (Å²) in [5, 5.41) is 6.23. The van der Waals surface area contributed by atoms with E-state index in [1.165, 1.54) is 29.5 Å². The number of nitrogens with zero attached hydrogens (tertiary/aromatic N) is 2. The molecule has 6 nitrogen and oxygen atoms in total. The van der Waals surface area contributed by atoms with Crippen molar-refractivity contribution >= 4 is 45.6 Å². The minimum Gasteiger partial charge on any atom is -0.325 e. The first-order valence-electron chi connectivity index (χ1n) is 8.74. The lowest BCUT2D eigenvalue weighted by Crippen LogP contribution is -2.36. The molecule has 9 heteroatoms. The van der Waals surface area contributed by atoms with E-state index < -0.39 is 5.82 Å². The van der Waals surface area contributed by atoms with Crippen molar-refractivity contribution in [3.63, 3.8) is 0 Å². The second-order valence-corrected chi connectivity index (χ2v) is 8.28. The first-order chi connectivity index (χ1) is 13.0. The van der Waals surface area contributed by atoms with Gasteiger partial charge >= 0.3 is 0 Å². The average Bonchev–Trinajstić information content (AvgIpc) is 3.39. The first-order valence-corrected chi connectivity index (χ1v) is 9.94. The fourth-order valence-corrected chi connectivity index (χ4v) is 4.20. The van der Waals surface area contributed by atoms with Gasteiger partial charge in [-0.2, -0.15) is 0 Å². The highest BCUT2D eigenvalue weighted by Crippen LogP contribution is 2.33. The maximum absolute atomic E-state index is 13.2. The Bertz CT molecular complexity index is 899. The molecule has 1 saturated carbocycles. The van der Waals surface area contributed by atoms with Crippen molar-refractivity contribution in [2.45, 2.75) is 25.8 Å². The molecule has 142 valence electrons. The van der Waals surface area contributed by atoms with Crippen molar-refractivity contribution in [3.8, 4) is 0 Å². The summed E-state index contributed by atoms with van der Waals surface area (Å²) in [6.45, 7) is 1.55. The zero-order valence-electron chi connectivity index (χ0n) is 14.4. The van der Waals surface area contributed by atoms with E-state index in [4.69, 9.17) is 11.6 Å². The Morgan fingerprint density at radius 1 is 1.33 bits per heavy atom. The van der Waals surface area contributed by atoms with Crippen molar-refractivity contribution in [2.75, 3.05) is 23.7 Å². The van der Waals surface area contributed by atoms with Gasteiger partial charge in [0.2, 0.25) is 11.8 Å². The van der Waals surface area contributed by atoms with Crippen LogP contribution in [0.5, 0.6) is 0 Å². The number of hydrogen-bond acceptors (Lipinski definition) is 5. The van der Waals surface area contributed by atoms with Gasteiger partial charge in [-0.25, -0.2) is 9.37 Å². The lowest BCUT2D eigenvalue weighted by Gasteiger charge is -2.25. The van der Waals surface area contributed by atoms with Crippen molar-refractivity contribution < 1.29 is 14.0 Å². The second-order valence-electron chi connectivity index (χ2n) is 6.79. The van der Waals surface area contributed by atoms with Crippen molar-refractivity contribution in [1.29, 1.82) is 0 Å². The van der Waals surface area contributed by atoms with Gasteiger partial charge in [-0.1, -0.05) is 11.6 Å². The van der Waals surface area contributed by atoms with Crippen LogP contribution < -0.4 is 10.6 Å². The Morgan fingerprint density at radius 3 is 2.89 bits per heavy atom. The van der Waals surface area contributed by atoms with Crippen LogP contribution in [0.1, 0.15) is 23.4 Å². The molecule has 0 radical (unpaired) electrons. The summed E-state index contributed by atoms with van der Waals surface area (Å²) < 4.78 is 13.2. The Labute approximate surface area is 164 Å². The maximum Gasteiger partial charge on any atom is 0.238 e. The molecule has 1 fully saturated rings. The molecular weight excluding hydrogens is 391 g/mol. The number of benzene rings is 1. The third-order valence-electron chi connectivity index (χ3n) is 4.56. The van der Waals surface area contributed by atoms with Gasteiger partial charge in [0.15, 0.2) is 5.13 Å². The number of thiazole rings is 1. The number of nitrogens with one attached hydrogen (secondary N) is 2. The molecule has 1 aliphatic heterocycles. The molecule has 2 N–H and O–H groups in total. The van der Waals surface area contributed by atoms with Crippen molar-refractivity contribution in [3.05, 3.63) is 39.6 Å². The Morgan fingerprint density at radius 2 is 2.15 bits per heavy atom. The molecule has 0 saturated heterocycles. The topological polar surface area (TPSA) is 74.3 Å². The first kappa shape index (κ1) is 18.3. The van der Waals surface area contributed by atoms with Crippen LogP contribution in [0.25, 0.3) is 0 Å². The zero-order chi connectivity index (χ0) is 19.0. The van der Waals surface area contributed by atoms with E-state index in [1.54, 1.807) is 0 Å². The van der Waals surface area contributed by atoms with Crippen molar-refractivity contribution in [1.82, 2.24) is 9.88 Å². The summed E-state index contributed by atoms with van der Waals surface area (Å²) >= 11 is 7.21. The quantitative estimate of drug-likeness (QED) is 0.796. The monoisotopic (exact) mass is 408 g/mol. The van der Waals surface area contributed by atoms with Crippen LogP contribution in [-0.4, -0.2) is 34.8 Å². The molecule has 1 aromatic carbocycles. The largest absolute Gasteiger partial charge is 0.325 e. The number of carbonyl (C=O) groups excluding carboxylic acids is 2. The summed E-state index contributed by atoms with van der Waals surface area (Å²) in [5.74, 6) is -0.512. The molecule has 1 aliphatic carbocycles. The zero-order valence-corrected chi connectivity index (χ0v) is 16.0. The molecule has 27 heavy (non-hydrogen) atoms. The average molecular weight is 409 g/mol. The van der Waals surface area contributed by atoms with E-state index in [2.05, 4.69) is 15.6 Å². The van der Waals surface area contributed by atoms with Gasteiger partial charge in [0.1, 0.15) is 5.82 Å². The van der Waals surface area contributed by atoms with Crippen LogP contribution in [0.3, 0.4) is 0 Å². The Hall–Kier alpha value is -2.03. The number of anilines is 2. The van der Waals surface area contributed by atoms with E-state index in [1.807, 2.05) is 4.90 Å². The summed E-state index contributed by atoms with van der Waals surface area (Å²) in [5.41, 5.74) is 1.46. The van der Waals surface area contributed by atoms with Crippen LogP contribution >= 0.6 is 22.9 Å². The highest BCUT2D eigenvalue weighted by atomic mass is 35.5. The van der Waals surface area contributed by atoms with Gasteiger partial charge < -0.3 is 10.6 Å². The van der Waals surface area contributed by atoms with E-state index in [9.17, 15) is 14.0 Å². The summed E-state index contributed by atoms with van der Waals surface area (Å²) in [4.78, 5) is 31.7. The van der Waals surface area contributed by atoms with Crippen molar-refractivity contribution in [2.24, 2.45) is 5.92 Å². The minimum atomic E-state index is -0.520. The SMILES string of the molecule is O=C(CN1CCc2nc(NC(=O)C3CC3)sc2C1)Nc1ccc(F)c(Cl)c1. The molecule has 0 unspecified atom stereocenters. The molecule has 0 bridgehead atoms. The lowest BCUT2D eigenvalue weighted by molar-refractivity contribution is -0.118. The van der Waals surface area contributed by atoms with Crippen LogP contribution in [0.2, 0.25) is 5.02 Å². The van der Waals surface area contributed by atoms with Gasteiger partial charge in [-0.05, 0) is 31.0 Å². The summed E-state index contributed by atoms with van der Waals surface area (Å²) in [6, 6.07) is 4.09. The molecule has 4 rings (SSSR count). The highest BCUT2D eigenvalue weighted by Gasteiger charge is 2.31. The molecule has 1 aromatic heterocycles. The molecular formula is C18H18ClFN4O2S. The standard InChI is InChI=1S/C18H18ClFN4O2S/c19-12-7-11(3-4-13(12)20)21-16(25)9-24-6-5-14-15(8-24)27-18(22-14)23-17(26)10-1-2-10/h3-4,7,10H,1-2,5-6,8-9H2,(H,21,25)(H,22,23,26). The Balaban J connectivity index is 1.33. The van der Waals surface area contributed by atoms with Gasteiger partial charge in [0, 0.05) is 36.0 Å². The molecule has 0 atom stereocenters. The number of halogens is 2. The number of aromatic nitrogens is 1. The molecule has 2 aliphatic rings. The predicted octanol–water partition coefficient (Wildman–Crippen LogP) is 3.28. The van der Waals surface area contributed by atoms with E-state index >= 15 is 0 Å². The van der Waals surface area contributed by atoms with Crippen LogP contribution in [0.15, 0.2) is 18.2 Å². The number of carbonyl (C=O) groups is 2. The number of rotatable bonds is 5. The van der Waals surface area contributed by atoms with E-state index in [0.717, 1.165) is 29.8 Å². The summed E-state index contributed by atoms with van der Waals surface area (Å²) in [6.07, 6.45) is 2.65. The van der Waals surface area contributed by atoms with Gasteiger partial charge in [0.25, 0.3) is 0 Å². The smallest absolute Gasteiger partial charge is 0.238 e. The normalized spacial score (nSPS) is 16.7. The molecule has 2 heterocycles. The summed E-state index contributed by atoms with van der Waals surface area (Å²) in [7, 11) is 0. The third kappa shape index (κ3) is 4.45. The predicted molar refractivity (Wildman–Crippen MR) is 102 cm³/mol. The van der Waals surface area contributed by atoms with Crippen LogP contribution in [-0.2, 0) is 22.6 Å². The van der Waals surface area contributed by atoms with Gasteiger partial charge in [0.05, 0.1) is 17.3 Å². The van der Waals surface area contributed by atoms with Crippen LogP contribution in [0, 0.1) is 11.7 Å². The second kappa shape index (κ2) is 7.53. The Kier molecular flexibility index (Phi) is 5.12. The van der Waals surface area contributed by atoms with E-state index in [0.29, 0.717) is 23.9 Å². The molecule has 2 amide bonds. The molecule has 2 aromatic rings. The third-order valence-corrected chi connectivity index (χ3v) is 5.85. The number of hydrogen-bond donors (Lipinski definition) is 2. The highest BCUT2D eigenvalue weighted by molar-refractivity contribution is 7.15.